The number of hydrazine groups is 1. The van der Waals surface area contributed by atoms with Gasteiger partial charge >= 0.3 is 0 Å². The van der Waals surface area contributed by atoms with Crippen LogP contribution in [0.5, 0.6) is 0 Å². The van der Waals surface area contributed by atoms with Crippen LogP contribution in [0.2, 0.25) is 0 Å². The van der Waals surface area contributed by atoms with E-state index in [1.165, 1.54) is 5.57 Å². The van der Waals surface area contributed by atoms with Crippen molar-refractivity contribution in [3.8, 4) is 0 Å². The Labute approximate surface area is 65.1 Å². The Bertz CT molecular complexity index is 230. The summed E-state index contributed by atoms with van der Waals surface area (Å²) in [6.45, 7) is 2.69. The van der Waals surface area contributed by atoms with E-state index in [9.17, 15) is 4.79 Å². The van der Waals surface area contributed by atoms with Gasteiger partial charge in [-0.05, 0) is 13.0 Å². The van der Waals surface area contributed by atoms with Crippen molar-refractivity contribution in [1.82, 2.24) is 10.7 Å². The van der Waals surface area contributed by atoms with Crippen molar-refractivity contribution >= 4 is 5.91 Å². The first-order valence-electron chi connectivity index (χ1n) is 3.36. The van der Waals surface area contributed by atoms with E-state index in [2.05, 4.69) is 10.7 Å². The van der Waals surface area contributed by atoms with Crippen LogP contribution in [-0.4, -0.2) is 12.5 Å². The summed E-state index contributed by atoms with van der Waals surface area (Å²) in [4.78, 5) is 10.9. The second kappa shape index (κ2) is 3.21. The van der Waals surface area contributed by atoms with Crippen molar-refractivity contribution in [3.63, 3.8) is 0 Å². The van der Waals surface area contributed by atoms with Gasteiger partial charge in [0.05, 0.1) is 0 Å². The van der Waals surface area contributed by atoms with Crippen molar-refractivity contribution in [2.45, 2.75) is 6.92 Å². The molecule has 0 fully saturated rings. The summed E-state index contributed by atoms with van der Waals surface area (Å²) in [6, 6.07) is 0. The van der Waals surface area contributed by atoms with Crippen LogP contribution in [0, 0.1) is 0 Å². The van der Waals surface area contributed by atoms with E-state index in [-0.39, 0.29) is 5.91 Å². The molecule has 1 rings (SSSR count). The van der Waals surface area contributed by atoms with Gasteiger partial charge in [-0.3, -0.25) is 10.2 Å². The van der Waals surface area contributed by atoms with Crippen molar-refractivity contribution in [2.75, 3.05) is 6.54 Å². The van der Waals surface area contributed by atoms with Gasteiger partial charge in [-0.15, -0.1) is 0 Å². The van der Waals surface area contributed by atoms with Gasteiger partial charge in [0.15, 0.2) is 0 Å². The lowest BCUT2D eigenvalue weighted by Crippen LogP contribution is -2.37. The topological polar surface area (TPSA) is 67.2 Å². The van der Waals surface area contributed by atoms with Crippen LogP contribution in [0.25, 0.3) is 0 Å². The summed E-state index contributed by atoms with van der Waals surface area (Å²) in [7, 11) is 0. The molecule has 1 heterocycles. The Balaban J connectivity index is 2.68. The second-order valence-electron chi connectivity index (χ2n) is 2.42. The van der Waals surface area contributed by atoms with Gasteiger partial charge in [-0.25, -0.2) is 5.84 Å². The van der Waals surface area contributed by atoms with E-state index < -0.39 is 0 Å². The van der Waals surface area contributed by atoms with E-state index in [0.29, 0.717) is 12.2 Å². The van der Waals surface area contributed by atoms with Crippen molar-refractivity contribution in [2.24, 2.45) is 5.84 Å². The molecule has 1 amide bonds. The molecule has 0 aromatic carbocycles. The second-order valence-corrected chi connectivity index (χ2v) is 2.42. The van der Waals surface area contributed by atoms with E-state index in [0.717, 1.165) is 0 Å². The zero-order chi connectivity index (χ0) is 8.27. The van der Waals surface area contributed by atoms with E-state index in [1.54, 1.807) is 6.08 Å². The van der Waals surface area contributed by atoms with Crippen LogP contribution >= 0.6 is 0 Å². The Morgan fingerprint density at radius 2 is 2.45 bits per heavy atom. The van der Waals surface area contributed by atoms with Gasteiger partial charge in [0.2, 0.25) is 0 Å². The number of allylic oxidation sites excluding steroid dienone is 2. The molecular weight excluding hydrogens is 142 g/mol. The maximum absolute atomic E-state index is 10.9. The number of dihydropyridines is 1. The molecule has 0 bridgehead atoms. The van der Waals surface area contributed by atoms with Gasteiger partial charge in [0.1, 0.15) is 5.70 Å². The SMILES string of the molecule is CC1=CC=C(C(=O)NN)NC1. The molecule has 11 heavy (non-hydrogen) atoms. The van der Waals surface area contributed by atoms with Crippen LogP contribution in [-0.2, 0) is 4.79 Å². The molecule has 0 saturated carbocycles. The average Bonchev–Trinajstić information content (AvgIpc) is 2.05. The van der Waals surface area contributed by atoms with Gasteiger partial charge in [0.25, 0.3) is 5.91 Å². The molecule has 0 atom stereocenters. The number of hydrogen-bond donors (Lipinski definition) is 3. The third-order valence-corrected chi connectivity index (χ3v) is 1.47. The highest BCUT2D eigenvalue weighted by Crippen LogP contribution is 2.01. The molecule has 1 aliphatic heterocycles. The minimum absolute atomic E-state index is 0.284. The Kier molecular flexibility index (Phi) is 2.28. The number of nitrogens with one attached hydrogen (secondary N) is 2. The molecule has 1 aliphatic rings. The van der Waals surface area contributed by atoms with Gasteiger partial charge in [0, 0.05) is 6.54 Å². The molecule has 0 radical (unpaired) electrons. The predicted molar refractivity (Wildman–Crippen MR) is 42.2 cm³/mol. The molecule has 0 aromatic rings. The standard InChI is InChI=1S/C7H11N3O/c1-5-2-3-6(9-4-5)7(11)10-8/h2-3,9H,4,8H2,1H3,(H,10,11). The van der Waals surface area contributed by atoms with Crippen LogP contribution in [0.3, 0.4) is 0 Å². The highest BCUT2D eigenvalue weighted by Gasteiger charge is 2.08. The lowest BCUT2D eigenvalue weighted by Gasteiger charge is -2.12. The van der Waals surface area contributed by atoms with Crippen LogP contribution in [0.15, 0.2) is 23.4 Å². The molecule has 0 unspecified atom stereocenters. The van der Waals surface area contributed by atoms with E-state index in [4.69, 9.17) is 5.84 Å². The number of carbonyl (C=O) groups excluding carboxylic acids is 1. The summed E-state index contributed by atoms with van der Waals surface area (Å²) in [5.41, 5.74) is 3.76. The predicted octanol–water partition coefficient (Wildman–Crippen LogP) is -0.590. The maximum atomic E-state index is 10.9. The van der Waals surface area contributed by atoms with Crippen molar-refractivity contribution in [3.05, 3.63) is 23.4 Å². The fourth-order valence-electron chi connectivity index (χ4n) is 0.812. The third-order valence-electron chi connectivity index (χ3n) is 1.47. The van der Waals surface area contributed by atoms with Gasteiger partial charge in [-0.1, -0.05) is 11.6 Å². The monoisotopic (exact) mass is 153 g/mol. The van der Waals surface area contributed by atoms with Gasteiger partial charge in [-0.2, -0.15) is 0 Å². The first-order chi connectivity index (χ1) is 5.24. The fourth-order valence-corrected chi connectivity index (χ4v) is 0.812. The summed E-state index contributed by atoms with van der Waals surface area (Å²) < 4.78 is 0. The minimum Gasteiger partial charge on any atom is -0.377 e. The zero-order valence-corrected chi connectivity index (χ0v) is 6.35. The average molecular weight is 153 g/mol. The highest BCUT2D eigenvalue weighted by molar-refractivity contribution is 5.92. The first kappa shape index (κ1) is 7.81. The Morgan fingerprint density at radius 1 is 1.73 bits per heavy atom. The van der Waals surface area contributed by atoms with Crippen molar-refractivity contribution < 1.29 is 4.79 Å². The molecule has 0 aliphatic carbocycles. The minimum atomic E-state index is -0.284. The molecule has 60 valence electrons. The first-order valence-corrected chi connectivity index (χ1v) is 3.36. The fraction of sp³-hybridized carbons (Fsp3) is 0.286. The molecule has 0 aromatic heterocycles. The van der Waals surface area contributed by atoms with Crippen LogP contribution in [0.1, 0.15) is 6.92 Å². The Hall–Kier alpha value is -1.29. The summed E-state index contributed by atoms with van der Waals surface area (Å²) >= 11 is 0. The lowest BCUT2D eigenvalue weighted by molar-refractivity contribution is -0.117. The number of carbonyl (C=O) groups is 1. The van der Waals surface area contributed by atoms with Crippen LogP contribution in [0.4, 0.5) is 0 Å². The number of hydrogen-bond acceptors (Lipinski definition) is 3. The normalized spacial score (nSPS) is 16.2. The third kappa shape index (κ3) is 1.81. The quantitative estimate of drug-likeness (QED) is 0.268. The molecule has 4 heteroatoms. The molecule has 0 saturated heterocycles. The van der Waals surface area contributed by atoms with Crippen LogP contribution < -0.4 is 16.6 Å². The molecule has 4 N–H and O–H groups in total. The summed E-state index contributed by atoms with van der Waals surface area (Å²) in [5, 5.41) is 2.92. The Morgan fingerprint density at radius 3 is 2.91 bits per heavy atom. The van der Waals surface area contributed by atoms with E-state index >= 15 is 0 Å². The maximum Gasteiger partial charge on any atom is 0.281 e. The highest BCUT2D eigenvalue weighted by atomic mass is 16.2. The zero-order valence-electron chi connectivity index (χ0n) is 6.35. The lowest BCUT2D eigenvalue weighted by atomic mass is 10.2. The molecule has 4 nitrogen and oxygen atoms in total. The number of nitrogens with two attached hydrogens (primary N) is 1. The summed E-state index contributed by atoms with van der Waals surface area (Å²) in [5.74, 6) is 4.65. The summed E-state index contributed by atoms with van der Waals surface area (Å²) in [6.07, 6.45) is 3.60. The number of rotatable bonds is 1. The molecular formula is C7H11N3O. The van der Waals surface area contributed by atoms with Crippen molar-refractivity contribution in [1.29, 1.82) is 0 Å². The van der Waals surface area contributed by atoms with E-state index in [1.807, 2.05) is 13.0 Å². The smallest absolute Gasteiger partial charge is 0.281 e. The number of amides is 1. The largest absolute Gasteiger partial charge is 0.377 e. The van der Waals surface area contributed by atoms with Gasteiger partial charge < -0.3 is 5.32 Å². The molecule has 0 spiro atoms.